The van der Waals surface area contributed by atoms with Crippen molar-refractivity contribution < 1.29 is 0 Å². The van der Waals surface area contributed by atoms with Crippen LogP contribution < -0.4 is 5.32 Å². The molecule has 0 amide bonds. The predicted octanol–water partition coefficient (Wildman–Crippen LogP) is 5.65. The summed E-state index contributed by atoms with van der Waals surface area (Å²) in [5, 5.41) is 3.54. The largest absolute Gasteiger partial charge is 0.312 e. The zero-order valence-electron chi connectivity index (χ0n) is 11.3. The summed E-state index contributed by atoms with van der Waals surface area (Å²) in [6, 6.07) is 11.5. The maximum Gasteiger partial charge on any atom is 0.0758 e. The lowest BCUT2D eigenvalue weighted by Gasteiger charge is -2.32. The van der Waals surface area contributed by atoms with E-state index in [-0.39, 0.29) is 0 Å². The number of benzene rings is 1. The molecule has 1 N–H and O–H groups in total. The Bertz CT molecular complexity index is 608. The SMILES string of the molecule is CNC(c1cc(Br)sc1Br)C1CCCc2ccccc21. The van der Waals surface area contributed by atoms with Gasteiger partial charge in [0, 0.05) is 12.0 Å². The summed E-state index contributed by atoms with van der Waals surface area (Å²) in [6.45, 7) is 0. The molecule has 1 aliphatic rings. The molecule has 106 valence electrons. The molecule has 0 saturated heterocycles. The van der Waals surface area contributed by atoms with Gasteiger partial charge >= 0.3 is 0 Å². The Morgan fingerprint density at radius 2 is 2.10 bits per heavy atom. The summed E-state index contributed by atoms with van der Waals surface area (Å²) in [4.78, 5) is 0. The Labute approximate surface area is 141 Å². The Morgan fingerprint density at radius 1 is 1.30 bits per heavy atom. The molecule has 0 spiro atoms. The van der Waals surface area contributed by atoms with Crippen LogP contribution in [0.1, 0.15) is 41.5 Å². The van der Waals surface area contributed by atoms with Gasteiger partial charge in [0.05, 0.1) is 7.57 Å². The molecule has 0 radical (unpaired) electrons. The number of hydrogen-bond donors (Lipinski definition) is 1. The first-order valence-corrected chi connectivity index (χ1v) is 9.30. The highest BCUT2D eigenvalue weighted by Gasteiger charge is 2.29. The van der Waals surface area contributed by atoms with Gasteiger partial charge in [-0.05, 0) is 80.9 Å². The van der Waals surface area contributed by atoms with Gasteiger partial charge in [0.2, 0.25) is 0 Å². The van der Waals surface area contributed by atoms with E-state index in [1.54, 1.807) is 11.3 Å². The molecule has 0 saturated carbocycles. The standard InChI is InChI=1S/C16H17Br2NS/c1-19-15(13-9-14(17)20-16(13)18)12-8-4-6-10-5-2-3-7-11(10)12/h2-3,5,7,9,12,15,19H,4,6,8H2,1H3. The molecule has 20 heavy (non-hydrogen) atoms. The minimum absolute atomic E-state index is 0.369. The summed E-state index contributed by atoms with van der Waals surface area (Å²) in [6.07, 6.45) is 3.75. The Hall–Kier alpha value is -0.160. The van der Waals surface area contributed by atoms with Crippen LogP contribution in [0, 0.1) is 0 Å². The van der Waals surface area contributed by atoms with Crippen molar-refractivity contribution in [2.24, 2.45) is 0 Å². The highest BCUT2D eigenvalue weighted by molar-refractivity contribution is 9.12. The fraction of sp³-hybridized carbons (Fsp3) is 0.375. The lowest BCUT2D eigenvalue weighted by Crippen LogP contribution is -2.26. The number of likely N-dealkylation sites (N-methyl/N-ethyl adjacent to an activating group) is 1. The highest BCUT2D eigenvalue weighted by Crippen LogP contribution is 2.44. The zero-order valence-corrected chi connectivity index (χ0v) is 15.3. The van der Waals surface area contributed by atoms with Crippen LogP contribution >= 0.6 is 43.2 Å². The van der Waals surface area contributed by atoms with E-state index in [0.717, 1.165) is 0 Å². The molecule has 4 heteroatoms. The molecule has 1 aromatic heterocycles. The zero-order chi connectivity index (χ0) is 14.1. The third-order valence-corrected chi connectivity index (χ3v) is 6.53. The van der Waals surface area contributed by atoms with Crippen LogP contribution in [0.25, 0.3) is 0 Å². The number of hydrogen-bond acceptors (Lipinski definition) is 2. The predicted molar refractivity (Wildman–Crippen MR) is 93.6 cm³/mol. The second kappa shape index (κ2) is 6.30. The third-order valence-electron chi connectivity index (χ3n) is 4.15. The Balaban J connectivity index is 2.01. The second-order valence-corrected chi connectivity index (χ2v) is 8.99. The normalized spacial score (nSPS) is 19.6. The van der Waals surface area contributed by atoms with Gasteiger partial charge < -0.3 is 5.32 Å². The van der Waals surface area contributed by atoms with E-state index in [4.69, 9.17) is 0 Å². The average Bonchev–Trinajstić information content (AvgIpc) is 2.79. The van der Waals surface area contributed by atoms with Crippen LogP contribution in [-0.4, -0.2) is 7.05 Å². The Kier molecular flexibility index (Phi) is 4.65. The van der Waals surface area contributed by atoms with E-state index in [0.29, 0.717) is 12.0 Å². The molecule has 1 heterocycles. The van der Waals surface area contributed by atoms with Crippen molar-refractivity contribution in [3.63, 3.8) is 0 Å². The van der Waals surface area contributed by atoms with Gasteiger partial charge in [0.1, 0.15) is 0 Å². The van der Waals surface area contributed by atoms with Gasteiger partial charge in [-0.1, -0.05) is 24.3 Å². The number of aryl methyl sites for hydroxylation is 1. The van der Waals surface area contributed by atoms with E-state index in [9.17, 15) is 0 Å². The molecular formula is C16H17Br2NS. The van der Waals surface area contributed by atoms with Crippen molar-refractivity contribution in [1.82, 2.24) is 5.32 Å². The highest BCUT2D eigenvalue weighted by atomic mass is 79.9. The molecule has 3 rings (SSSR count). The van der Waals surface area contributed by atoms with Crippen LogP contribution in [0.2, 0.25) is 0 Å². The van der Waals surface area contributed by atoms with Crippen molar-refractivity contribution in [3.05, 3.63) is 54.6 Å². The number of fused-ring (bicyclic) bond motifs is 1. The first kappa shape index (κ1) is 14.8. The molecule has 2 unspecified atom stereocenters. The summed E-state index contributed by atoms with van der Waals surface area (Å²) in [5.74, 6) is 0.558. The fourth-order valence-corrected chi connectivity index (χ4v) is 6.21. The fourth-order valence-electron chi connectivity index (χ4n) is 3.28. The molecule has 2 atom stereocenters. The van der Waals surface area contributed by atoms with E-state index < -0.39 is 0 Å². The molecule has 1 nitrogen and oxygen atoms in total. The third kappa shape index (κ3) is 2.76. The molecule has 1 aliphatic carbocycles. The van der Waals surface area contributed by atoms with E-state index in [1.807, 2.05) is 0 Å². The Morgan fingerprint density at radius 3 is 2.80 bits per heavy atom. The lowest BCUT2D eigenvalue weighted by atomic mass is 9.77. The van der Waals surface area contributed by atoms with Gasteiger partial charge in [-0.2, -0.15) is 0 Å². The molecule has 1 aromatic carbocycles. The van der Waals surface area contributed by atoms with Crippen LogP contribution in [0.3, 0.4) is 0 Å². The monoisotopic (exact) mass is 413 g/mol. The number of nitrogens with one attached hydrogen (secondary N) is 1. The number of halogens is 2. The molecule has 0 fully saturated rings. The molecule has 0 aliphatic heterocycles. The van der Waals surface area contributed by atoms with Gasteiger partial charge in [0.25, 0.3) is 0 Å². The summed E-state index contributed by atoms with van der Waals surface area (Å²) in [5.41, 5.74) is 4.41. The maximum absolute atomic E-state index is 3.71. The van der Waals surface area contributed by atoms with Gasteiger partial charge in [-0.25, -0.2) is 0 Å². The van der Waals surface area contributed by atoms with Crippen molar-refractivity contribution >= 4 is 43.2 Å². The van der Waals surface area contributed by atoms with Crippen molar-refractivity contribution in [3.8, 4) is 0 Å². The van der Waals surface area contributed by atoms with Gasteiger partial charge in [0.15, 0.2) is 0 Å². The topological polar surface area (TPSA) is 12.0 Å². The molecular weight excluding hydrogens is 398 g/mol. The van der Waals surface area contributed by atoms with Crippen LogP contribution in [0.5, 0.6) is 0 Å². The van der Waals surface area contributed by atoms with Crippen molar-refractivity contribution in [1.29, 1.82) is 0 Å². The summed E-state index contributed by atoms with van der Waals surface area (Å²) >= 11 is 9.06. The van der Waals surface area contributed by atoms with Gasteiger partial charge in [-0.15, -0.1) is 11.3 Å². The summed E-state index contributed by atoms with van der Waals surface area (Å²) in [7, 11) is 2.07. The maximum atomic E-state index is 3.71. The van der Waals surface area contributed by atoms with Crippen molar-refractivity contribution in [2.75, 3.05) is 7.05 Å². The summed E-state index contributed by atoms with van der Waals surface area (Å²) < 4.78 is 2.41. The van der Waals surface area contributed by atoms with E-state index in [1.165, 1.54) is 43.5 Å². The average molecular weight is 415 g/mol. The van der Waals surface area contributed by atoms with Crippen LogP contribution in [0.15, 0.2) is 37.9 Å². The van der Waals surface area contributed by atoms with Crippen molar-refractivity contribution in [2.45, 2.75) is 31.2 Å². The number of thiophene rings is 1. The minimum Gasteiger partial charge on any atom is -0.312 e. The number of rotatable bonds is 3. The lowest BCUT2D eigenvalue weighted by molar-refractivity contribution is 0.425. The molecule has 0 bridgehead atoms. The van der Waals surface area contributed by atoms with E-state index >= 15 is 0 Å². The second-order valence-electron chi connectivity index (χ2n) is 5.24. The van der Waals surface area contributed by atoms with E-state index in [2.05, 4.69) is 74.6 Å². The quantitative estimate of drug-likeness (QED) is 0.683. The molecule has 2 aromatic rings. The minimum atomic E-state index is 0.369. The first-order chi connectivity index (χ1) is 9.70. The van der Waals surface area contributed by atoms with Crippen LogP contribution in [0.4, 0.5) is 0 Å². The first-order valence-electron chi connectivity index (χ1n) is 6.90. The van der Waals surface area contributed by atoms with Crippen LogP contribution in [-0.2, 0) is 6.42 Å². The van der Waals surface area contributed by atoms with Gasteiger partial charge in [-0.3, -0.25) is 0 Å². The smallest absolute Gasteiger partial charge is 0.0758 e.